The Morgan fingerprint density at radius 2 is 1.17 bits per heavy atom. The molecule has 0 atom stereocenters. The van der Waals surface area contributed by atoms with Crippen LogP contribution in [0.2, 0.25) is 0 Å². The second kappa shape index (κ2) is 10.8. The normalized spacial score (nSPS) is 11.9. The Balaban J connectivity index is 1.82. The van der Waals surface area contributed by atoms with Crippen LogP contribution in [0.25, 0.3) is 0 Å². The molecule has 0 aliphatic rings. The van der Waals surface area contributed by atoms with E-state index in [4.69, 9.17) is 0 Å². The molecule has 7 heteroatoms. The summed E-state index contributed by atoms with van der Waals surface area (Å²) in [5.74, 6) is 1.90. The summed E-state index contributed by atoms with van der Waals surface area (Å²) in [4.78, 5) is 38.7. The van der Waals surface area contributed by atoms with Crippen LogP contribution in [0.5, 0.6) is 0 Å². The third-order valence-corrected chi connectivity index (χ3v) is 5.28. The maximum Gasteiger partial charge on any atom is 0.230 e. The van der Waals surface area contributed by atoms with Crippen molar-refractivity contribution in [3.8, 4) is 0 Å². The number of nitrogens with zero attached hydrogens (tertiary/aromatic N) is 3. The predicted octanol–water partition coefficient (Wildman–Crippen LogP) is 5.25. The second-order valence-corrected chi connectivity index (χ2v) is 10.6. The van der Waals surface area contributed by atoms with Gasteiger partial charge in [-0.2, -0.15) is 0 Å². The number of rotatable bonds is 7. The molecule has 3 rings (SSSR count). The Bertz CT molecular complexity index is 1090. The fourth-order valence-electron chi connectivity index (χ4n) is 3.16. The summed E-state index contributed by atoms with van der Waals surface area (Å²) in [6.45, 7) is 11.2. The summed E-state index contributed by atoms with van der Waals surface area (Å²) in [7, 11) is 0. The number of anilines is 2. The van der Waals surface area contributed by atoms with Crippen LogP contribution in [0, 0.1) is 16.7 Å². The molecule has 3 aromatic rings. The van der Waals surface area contributed by atoms with E-state index in [1.165, 1.54) is 0 Å². The summed E-state index contributed by atoms with van der Waals surface area (Å²) in [5.41, 5.74) is 1.46. The molecular formula is C28H34N5O2. The standard InChI is InChI=1S/C28H34N5O2/c1-27(2,3)25(34)32-23-14-9-11-20(30-23)17-19(22-13-7-8-16-29-22)18-21-12-10-15-24(31-21)33-26(35)28(4,5)6/h7-16H,17-18H2,1-6H3,(H,30,32,34)(H,31,33,35). The molecule has 0 fully saturated rings. The quantitative estimate of drug-likeness (QED) is 0.490. The third-order valence-electron chi connectivity index (χ3n) is 5.28. The van der Waals surface area contributed by atoms with Gasteiger partial charge in [0.1, 0.15) is 11.6 Å². The summed E-state index contributed by atoms with van der Waals surface area (Å²) in [5, 5.41) is 5.79. The fourth-order valence-corrected chi connectivity index (χ4v) is 3.16. The minimum atomic E-state index is -0.512. The van der Waals surface area contributed by atoms with Crippen LogP contribution < -0.4 is 10.6 Å². The van der Waals surface area contributed by atoms with E-state index in [1.807, 2.05) is 84.0 Å². The lowest BCUT2D eigenvalue weighted by molar-refractivity contribution is -0.123. The van der Waals surface area contributed by atoms with Crippen molar-refractivity contribution in [3.05, 3.63) is 83.8 Å². The van der Waals surface area contributed by atoms with Crippen molar-refractivity contribution in [2.24, 2.45) is 10.8 Å². The summed E-state index contributed by atoms with van der Waals surface area (Å²) in [6.07, 6.45) is 2.84. The van der Waals surface area contributed by atoms with E-state index in [9.17, 15) is 9.59 Å². The summed E-state index contributed by atoms with van der Waals surface area (Å²) in [6, 6.07) is 17.0. The Morgan fingerprint density at radius 1 is 0.686 bits per heavy atom. The van der Waals surface area contributed by atoms with Crippen LogP contribution in [0.15, 0.2) is 60.8 Å². The number of carbonyl (C=O) groups is 2. The van der Waals surface area contributed by atoms with E-state index in [0.29, 0.717) is 24.5 Å². The number of nitrogens with one attached hydrogen (secondary N) is 2. The molecule has 0 spiro atoms. The monoisotopic (exact) mass is 472 g/mol. The lowest BCUT2D eigenvalue weighted by Crippen LogP contribution is -2.28. The lowest BCUT2D eigenvalue weighted by Gasteiger charge is -2.19. The second-order valence-electron chi connectivity index (χ2n) is 10.6. The number of hydrogen-bond donors (Lipinski definition) is 2. The smallest absolute Gasteiger partial charge is 0.230 e. The van der Waals surface area contributed by atoms with Crippen LogP contribution in [-0.2, 0) is 22.4 Å². The van der Waals surface area contributed by atoms with Gasteiger partial charge in [-0.25, -0.2) is 9.97 Å². The SMILES string of the molecule is CC(C)(C)C(=O)Nc1cccc(C[C](Cc2cccc(NC(=O)C(C)(C)C)n2)c2ccccn2)n1. The lowest BCUT2D eigenvalue weighted by atomic mass is 9.93. The van der Waals surface area contributed by atoms with E-state index in [1.54, 1.807) is 18.3 Å². The molecular weight excluding hydrogens is 438 g/mol. The molecule has 0 saturated carbocycles. The predicted molar refractivity (Wildman–Crippen MR) is 139 cm³/mol. The van der Waals surface area contributed by atoms with Gasteiger partial charge in [-0.05, 0) is 36.4 Å². The number of carbonyl (C=O) groups excluding carboxylic acids is 2. The first-order valence-electron chi connectivity index (χ1n) is 11.7. The molecule has 35 heavy (non-hydrogen) atoms. The molecule has 0 unspecified atom stereocenters. The van der Waals surface area contributed by atoms with Gasteiger partial charge in [0.05, 0.1) is 0 Å². The largest absolute Gasteiger partial charge is 0.310 e. The molecule has 2 N–H and O–H groups in total. The van der Waals surface area contributed by atoms with Gasteiger partial charge in [-0.1, -0.05) is 59.7 Å². The van der Waals surface area contributed by atoms with E-state index < -0.39 is 10.8 Å². The van der Waals surface area contributed by atoms with Gasteiger partial charge in [-0.3, -0.25) is 14.6 Å². The first-order valence-corrected chi connectivity index (χ1v) is 11.7. The van der Waals surface area contributed by atoms with Crippen molar-refractivity contribution < 1.29 is 9.59 Å². The Morgan fingerprint density at radius 3 is 1.57 bits per heavy atom. The van der Waals surface area contributed by atoms with E-state index >= 15 is 0 Å². The highest BCUT2D eigenvalue weighted by molar-refractivity contribution is 5.94. The van der Waals surface area contributed by atoms with Crippen molar-refractivity contribution in [2.45, 2.75) is 54.4 Å². The average Bonchev–Trinajstić information content (AvgIpc) is 2.78. The maximum absolute atomic E-state index is 12.4. The number of hydrogen-bond acceptors (Lipinski definition) is 5. The number of pyridine rings is 3. The third kappa shape index (κ3) is 7.70. The van der Waals surface area contributed by atoms with Gasteiger partial charge in [0, 0.05) is 52.9 Å². The Hall–Kier alpha value is -3.61. The Labute approximate surface area is 207 Å². The van der Waals surface area contributed by atoms with Crippen molar-refractivity contribution >= 4 is 23.5 Å². The molecule has 0 aromatic carbocycles. The van der Waals surface area contributed by atoms with E-state index in [2.05, 4.69) is 25.6 Å². The van der Waals surface area contributed by atoms with E-state index in [0.717, 1.165) is 23.0 Å². The van der Waals surface area contributed by atoms with Crippen LogP contribution >= 0.6 is 0 Å². The van der Waals surface area contributed by atoms with Crippen LogP contribution in [0.1, 0.15) is 58.6 Å². The molecule has 0 saturated heterocycles. The summed E-state index contributed by atoms with van der Waals surface area (Å²) < 4.78 is 0. The number of amides is 2. The van der Waals surface area contributed by atoms with Crippen molar-refractivity contribution in [1.82, 2.24) is 15.0 Å². The van der Waals surface area contributed by atoms with Crippen molar-refractivity contribution in [3.63, 3.8) is 0 Å². The zero-order valence-electron chi connectivity index (χ0n) is 21.3. The first-order chi connectivity index (χ1) is 16.4. The van der Waals surface area contributed by atoms with Gasteiger partial charge < -0.3 is 10.6 Å². The van der Waals surface area contributed by atoms with Crippen LogP contribution in [-0.4, -0.2) is 26.8 Å². The first kappa shape index (κ1) is 26.0. The molecule has 7 nitrogen and oxygen atoms in total. The highest BCUT2D eigenvalue weighted by Gasteiger charge is 2.23. The van der Waals surface area contributed by atoms with E-state index in [-0.39, 0.29) is 11.8 Å². The summed E-state index contributed by atoms with van der Waals surface area (Å²) >= 11 is 0. The molecule has 1 radical (unpaired) electrons. The molecule has 183 valence electrons. The average molecular weight is 473 g/mol. The molecule has 2 amide bonds. The minimum Gasteiger partial charge on any atom is -0.310 e. The molecule has 3 aromatic heterocycles. The zero-order valence-corrected chi connectivity index (χ0v) is 21.3. The molecule has 0 bridgehead atoms. The molecule has 0 aliphatic carbocycles. The van der Waals surface area contributed by atoms with Gasteiger partial charge in [0.15, 0.2) is 0 Å². The highest BCUT2D eigenvalue weighted by Crippen LogP contribution is 2.24. The van der Waals surface area contributed by atoms with Gasteiger partial charge >= 0.3 is 0 Å². The van der Waals surface area contributed by atoms with Gasteiger partial charge in [-0.15, -0.1) is 0 Å². The highest BCUT2D eigenvalue weighted by atomic mass is 16.2. The van der Waals surface area contributed by atoms with Crippen molar-refractivity contribution in [2.75, 3.05) is 10.6 Å². The topological polar surface area (TPSA) is 96.9 Å². The molecule has 3 heterocycles. The van der Waals surface area contributed by atoms with Gasteiger partial charge in [0.25, 0.3) is 0 Å². The van der Waals surface area contributed by atoms with Crippen molar-refractivity contribution in [1.29, 1.82) is 0 Å². The van der Waals surface area contributed by atoms with Gasteiger partial charge in [0.2, 0.25) is 11.8 Å². The zero-order chi connectivity index (χ0) is 25.6. The number of aromatic nitrogens is 3. The molecule has 0 aliphatic heterocycles. The maximum atomic E-state index is 12.4. The minimum absolute atomic E-state index is 0.0885. The fraction of sp³-hybridized carbons (Fsp3) is 0.357. The van der Waals surface area contributed by atoms with Crippen LogP contribution in [0.4, 0.5) is 11.6 Å². The van der Waals surface area contributed by atoms with Crippen LogP contribution in [0.3, 0.4) is 0 Å². The Kier molecular flexibility index (Phi) is 7.99.